The highest BCUT2D eigenvalue weighted by Crippen LogP contribution is 2.53. The second-order valence-electron chi connectivity index (χ2n) is 5.92. The summed E-state index contributed by atoms with van der Waals surface area (Å²) in [7, 11) is 0. The first kappa shape index (κ1) is 11.9. The van der Waals surface area contributed by atoms with Crippen LogP contribution in [0, 0.1) is 11.3 Å². The van der Waals surface area contributed by atoms with Crippen LogP contribution in [0.5, 0.6) is 0 Å². The molecule has 3 rings (SSSR count). The Hall–Kier alpha value is -1.15. The number of Topliss-reactive ketones (excluding diaryl/α,β-unsaturated/α-hetero) is 1. The predicted molar refractivity (Wildman–Crippen MR) is 72.3 cm³/mol. The van der Waals surface area contributed by atoms with Crippen molar-refractivity contribution in [3.05, 3.63) is 35.9 Å². The molecule has 2 unspecified atom stereocenters. The van der Waals surface area contributed by atoms with Crippen molar-refractivity contribution < 1.29 is 4.79 Å². The van der Waals surface area contributed by atoms with Crippen LogP contribution in [0.4, 0.5) is 0 Å². The first-order valence-corrected chi connectivity index (χ1v) is 7.06. The van der Waals surface area contributed by atoms with Gasteiger partial charge in [0.1, 0.15) is 5.78 Å². The topological polar surface area (TPSA) is 43.1 Å². The maximum Gasteiger partial charge on any atom is 0.143 e. The fourth-order valence-corrected chi connectivity index (χ4v) is 3.55. The summed E-state index contributed by atoms with van der Waals surface area (Å²) in [6.45, 7) is 0.545. The van der Waals surface area contributed by atoms with Gasteiger partial charge in [0, 0.05) is 17.9 Å². The molecule has 18 heavy (non-hydrogen) atoms. The van der Waals surface area contributed by atoms with Crippen LogP contribution in [0.15, 0.2) is 30.3 Å². The van der Waals surface area contributed by atoms with E-state index in [9.17, 15) is 4.79 Å². The molecule has 96 valence electrons. The largest absolute Gasteiger partial charge is 0.329 e. The van der Waals surface area contributed by atoms with E-state index in [1.807, 2.05) is 6.07 Å². The quantitative estimate of drug-likeness (QED) is 0.883. The van der Waals surface area contributed by atoms with Gasteiger partial charge in [-0.15, -0.1) is 0 Å². The fraction of sp³-hybridized carbons (Fsp3) is 0.562. The Labute approximate surface area is 109 Å². The lowest BCUT2D eigenvalue weighted by Crippen LogP contribution is -2.37. The molecule has 0 radical (unpaired) electrons. The Morgan fingerprint density at radius 2 is 1.89 bits per heavy atom. The van der Waals surface area contributed by atoms with Gasteiger partial charge in [0.15, 0.2) is 0 Å². The summed E-state index contributed by atoms with van der Waals surface area (Å²) in [5, 5.41) is 0. The minimum Gasteiger partial charge on any atom is -0.329 e. The third-order valence-electron chi connectivity index (χ3n) is 4.83. The smallest absolute Gasteiger partial charge is 0.143 e. The summed E-state index contributed by atoms with van der Waals surface area (Å²) in [6.07, 6.45) is 5.41. The van der Waals surface area contributed by atoms with Crippen molar-refractivity contribution in [2.24, 2.45) is 17.1 Å². The van der Waals surface area contributed by atoms with Crippen LogP contribution in [-0.4, -0.2) is 12.3 Å². The summed E-state index contributed by atoms with van der Waals surface area (Å²) in [6, 6.07) is 10.4. The van der Waals surface area contributed by atoms with Gasteiger partial charge in [-0.1, -0.05) is 43.2 Å². The Bertz CT molecular complexity index is 434. The van der Waals surface area contributed by atoms with E-state index in [1.165, 1.54) is 18.4 Å². The molecule has 2 saturated carbocycles. The number of carbonyl (C=O) groups is 1. The third kappa shape index (κ3) is 1.89. The maximum absolute atomic E-state index is 12.7. The predicted octanol–water partition coefficient (Wildman–Crippen LogP) is 2.88. The second kappa shape index (κ2) is 4.51. The second-order valence-corrected chi connectivity index (χ2v) is 5.92. The van der Waals surface area contributed by atoms with E-state index in [0.29, 0.717) is 18.2 Å². The van der Waals surface area contributed by atoms with Gasteiger partial charge >= 0.3 is 0 Å². The molecule has 0 heterocycles. The normalized spacial score (nSPS) is 29.2. The molecule has 0 aliphatic heterocycles. The number of ketones is 1. The van der Waals surface area contributed by atoms with Crippen molar-refractivity contribution in [2.75, 3.05) is 6.54 Å². The molecule has 2 aliphatic carbocycles. The molecule has 1 aromatic rings. The molecule has 2 fully saturated rings. The van der Waals surface area contributed by atoms with Gasteiger partial charge in [0.25, 0.3) is 0 Å². The zero-order chi connectivity index (χ0) is 12.6. The van der Waals surface area contributed by atoms with E-state index in [2.05, 4.69) is 24.3 Å². The van der Waals surface area contributed by atoms with Gasteiger partial charge in [-0.05, 0) is 30.7 Å². The van der Waals surface area contributed by atoms with Crippen LogP contribution in [0.2, 0.25) is 0 Å². The molecule has 2 nitrogen and oxygen atoms in total. The molecule has 0 spiro atoms. The lowest BCUT2D eigenvalue weighted by Gasteiger charge is -2.25. The lowest BCUT2D eigenvalue weighted by atomic mass is 9.79. The van der Waals surface area contributed by atoms with Gasteiger partial charge in [-0.3, -0.25) is 4.79 Å². The average molecular weight is 243 g/mol. The van der Waals surface area contributed by atoms with Crippen LogP contribution in [0.25, 0.3) is 0 Å². The average Bonchev–Trinajstić information content (AvgIpc) is 3.08. The van der Waals surface area contributed by atoms with E-state index in [0.717, 1.165) is 19.3 Å². The number of rotatable bonds is 4. The fourth-order valence-electron chi connectivity index (χ4n) is 3.55. The molecule has 0 amide bonds. The van der Waals surface area contributed by atoms with Crippen molar-refractivity contribution in [3.63, 3.8) is 0 Å². The van der Waals surface area contributed by atoms with Crippen molar-refractivity contribution in [1.82, 2.24) is 0 Å². The summed E-state index contributed by atoms with van der Waals surface area (Å²) < 4.78 is 0. The first-order chi connectivity index (χ1) is 8.77. The van der Waals surface area contributed by atoms with Crippen LogP contribution in [0.3, 0.4) is 0 Å². The minimum absolute atomic E-state index is 0.172. The number of carbonyl (C=O) groups excluding carboxylic acids is 1. The minimum atomic E-state index is -0.172. The van der Waals surface area contributed by atoms with E-state index in [-0.39, 0.29) is 11.3 Å². The highest BCUT2D eigenvalue weighted by Gasteiger charge is 2.52. The summed E-state index contributed by atoms with van der Waals surface area (Å²) in [5.41, 5.74) is 7.05. The number of nitrogens with two attached hydrogens (primary N) is 1. The standard InChI is InChI=1S/C16H21NO/c17-11-16(8-4-5-9-16)15(18)14-10-13(14)12-6-2-1-3-7-12/h1-3,6-7,13-14H,4-5,8-11,17H2. The maximum atomic E-state index is 12.7. The van der Waals surface area contributed by atoms with Crippen LogP contribution in [0.1, 0.15) is 43.6 Å². The molecule has 2 atom stereocenters. The molecular weight excluding hydrogens is 222 g/mol. The Balaban J connectivity index is 1.73. The SMILES string of the molecule is NCC1(C(=O)C2CC2c2ccccc2)CCCC1. The van der Waals surface area contributed by atoms with Gasteiger partial charge in [0.05, 0.1) is 0 Å². The van der Waals surface area contributed by atoms with Gasteiger partial charge in [-0.25, -0.2) is 0 Å². The Kier molecular flexibility index (Phi) is 2.98. The molecule has 0 bridgehead atoms. The molecule has 2 heteroatoms. The van der Waals surface area contributed by atoms with Crippen molar-refractivity contribution in [1.29, 1.82) is 0 Å². The number of hydrogen-bond donors (Lipinski definition) is 1. The highest BCUT2D eigenvalue weighted by atomic mass is 16.1. The molecule has 2 N–H and O–H groups in total. The Morgan fingerprint density at radius 1 is 1.22 bits per heavy atom. The van der Waals surface area contributed by atoms with Gasteiger partial charge in [-0.2, -0.15) is 0 Å². The zero-order valence-electron chi connectivity index (χ0n) is 10.8. The van der Waals surface area contributed by atoms with Crippen molar-refractivity contribution in [2.45, 2.75) is 38.0 Å². The molecule has 1 aromatic carbocycles. The van der Waals surface area contributed by atoms with Gasteiger partial charge < -0.3 is 5.73 Å². The Morgan fingerprint density at radius 3 is 2.50 bits per heavy atom. The molecule has 2 aliphatic rings. The van der Waals surface area contributed by atoms with Crippen LogP contribution < -0.4 is 5.73 Å². The van der Waals surface area contributed by atoms with E-state index in [4.69, 9.17) is 5.73 Å². The summed E-state index contributed by atoms with van der Waals surface area (Å²) in [5.74, 6) is 1.16. The van der Waals surface area contributed by atoms with Gasteiger partial charge in [0.2, 0.25) is 0 Å². The lowest BCUT2D eigenvalue weighted by molar-refractivity contribution is -0.129. The summed E-state index contributed by atoms with van der Waals surface area (Å²) in [4.78, 5) is 12.7. The number of benzene rings is 1. The highest BCUT2D eigenvalue weighted by molar-refractivity contribution is 5.90. The van der Waals surface area contributed by atoms with E-state index in [1.54, 1.807) is 0 Å². The third-order valence-corrected chi connectivity index (χ3v) is 4.83. The monoisotopic (exact) mass is 243 g/mol. The first-order valence-electron chi connectivity index (χ1n) is 7.06. The van der Waals surface area contributed by atoms with E-state index >= 15 is 0 Å². The van der Waals surface area contributed by atoms with E-state index < -0.39 is 0 Å². The van der Waals surface area contributed by atoms with Crippen LogP contribution in [-0.2, 0) is 4.79 Å². The molecule has 0 saturated heterocycles. The summed E-state index contributed by atoms with van der Waals surface area (Å²) >= 11 is 0. The van der Waals surface area contributed by atoms with Crippen molar-refractivity contribution in [3.8, 4) is 0 Å². The van der Waals surface area contributed by atoms with Crippen LogP contribution >= 0.6 is 0 Å². The molecule has 0 aromatic heterocycles. The van der Waals surface area contributed by atoms with Crippen molar-refractivity contribution >= 4 is 5.78 Å². The number of hydrogen-bond acceptors (Lipinski definition) is 2. The molecular formula is C16H21NO. The zero-order valence-corrected chi connectivity index (χ0v) is 10.8.